The van der Waals surface area contributed by atoms with Crippen LogP contribution in [0, 0.1) is 6.92 Å². The molecule has 0 aromatic carbocycles. The molecule has 76 valence electrons. The van der Waals surface area contributed by atoms with Gasteiger partial charge < -0.3 is 10.6 Å². The van der Waals surface area contributed by atoms with Crippen LogP contribution in [0.3, 0.4) is 0 Å². The lowest BCUT2D eigenvalue weighted by Crippen LogP contribution is -2.35. The Bertz CT molecular complexity index is 356. The summed E-state index contributed by atoms with van der Waals surface area (Å²) in [5.74, 6) is 0.685. The molecule has 0 bridgehead atoms. The van der Waals surface area contributed by atoms with E-state index < -0.39 is 0 Å². The lowest BCUT2D eigenvalue weighted by atomic mass is 10.1. The Balaban J connectivity index is 2.26. The molecule has 0 spiro atoms. The van der Waals surface area contributed by atoms with Crippen LogP contribution in [0.2, 0.25) is 0 Å². The van der Waals surface area contributed by atoms with E-state index in [0.717, 1.165) is 13.1 Å². The molecule has 2 heterocycles. The van der Waals surface area contributed by atoms with Crippen LogP contribution in [-0.2, 0) is 0 Å². The highest BCUT2D eigenvalue weighted by molar-refractivity contribution is 7.10. The third-order valence-electron chi connectivity index (χ3n) is 2.64. The van der Waals surface area contributed by atoms with Crippen LogP contribution in [0.4, 0.5) is 0 Å². The minimum atomic E-state index is 0.375. The predicted octanol–water partition coefficient (Wildman–Crippen LogP) is 1.75. The van der Waals surface area contributed by atoms with E-state index in [2.05, 4.69) is 35.2 Å². The van der Waals surface area contributed by atoms with Crippen molar-refractivity contribution in [2.24, 2.45) is 10.7 Å². The van der Waals surface area contributed by atoms with Gasteiger partial charge in [0, 0.05) is 11.4 Å². The molecule has 0 aliphatic carbocycles. The van der Waals surface area contributed by atoms with Crippen molar-refractivity contribution < 1.29 is 0 Å². The van der Waals surface area contributed by atoms with Gasteiger partial charge >= 0.3 is 0 Å². The fraction of sp³-hybridized carbons (Fsp3) is 0.500. The van der Waals surface area contributed by atoms with Gasteiger partial charge in [-0.25, -0.2) is 0 Å². The summed E-state index contributed by atoms with van der Waals surface area (Å²) in [6.07, 6.45) is 0. The largest absolute Gasteiger partial charge is 0.370 e. The number of thiophene rings is 1. The van der Waals surface area contributed by atoms with Gasteiger partial charge in [-0.05, 0) is 30.9 Å². The van der Waals surface area contributed by atoms with E-state index in [0.29, 0.717) is 12.0 Å². The van der Waals surface area contributed by atoms with Gasteiger partial charge in [-0.2, -0.15) is 0 Å². The topological polar surface area (TPSA) is 41.6 Å². The highest BCUT2D eigenvalue weighted by Crippen LogP contribution is 2.31. The Hall–Kier alpha value is -1.03. The quantitative estimate of drug-likeness (QED) is 0.806. The molecular formula is C10H15N3S. The van der Waals surface area contributed by atoms with Crippen LogP contribution in [0.1, 0.15) is 23.4 Å². The predicted molar refractivity (Wildman–Crippen MR) is 60.7 cm³/mol. The first-order valence-electron chi connectivity index (χ1n) is 4.84. The summed E-state index contributed by atoms with van der Waals surface area (Å²) in [5.41, 5.74) is 7.17. The van der Waals surface area contributed by atoms with Crippen LogP contribution in [-0.4, -0.2) is 23.9 Å². The number of aryl methyl sites for hydroxylation is 1. The zero-order valence-corrected chi connectivity index (χ0v) is 9.34. The zero-order valence-electron chi connectivity index (χ0n) is 8.53. The lowest BCUT2D eigenvalue weighted by molar-refractivity contribution is 0.368. The van der Waals surface area contributed by atoms with Crippen LogP contribution in [0.15, 0.2) is 16.4 Å². The maximum Gasteiger partial charge on any atom is 0.191 e. The SMILES string of the molecule is CCN1C(N)=NCC1c1sccc1C. The summed E-state index contributed by atoms with van der Waals surface area (Å²) < 4.78 is 0. The number of nitrogens with two attached hydrogens (primary N) is 1. The second-order valence-corrected chi connectivity index (χ2v) is 4.42. The molecule has 0 radical (unpaired) electrons. The number of likely N-dealkylation sites (N-methyl/N-ethyl adjacent to an activating group) is 1. The first-order valence-corrected chi connectivity index (χ1v) is 5.72. The summed E-state index contributed by atoms with van der Waals surface area (Å²) in [7, 11) is 0. The van der Waals surface area contributed by atoms with Crippen LogP contribution in [0.5, 0.6) is 0 Å². The average molecular weight is 209 g/mol. The lowest BCUT2D eigenvalue weighted by Gasteiger charge is -2.24. The summed E-state index contributed by atoms with van der Waals surface area (Å²) in [6.45, 7) is 6.00. The maximum absolute atomic E-state index is 5.82. The molecule has 0 fully saturated rings. The summed E-state index contributed by atoms with van der Waals surface area (Å²) in [4.78, 5) is 7.86. The fourth-order valence-electron chi connectivity index (χ4n) is 1.86. The Morgan fingerprint density at radius 2 is 2.50 bits per heavy atom. The normalized spacial score (nSPS) is 21.4. The molecule has 0 amide bonds. The van der Waals surface area contributed by atoms with Crippen LogP contribution >= 0.6 is 11.3 Å². The number of guanidine groups is 1. The third-order valence-corrected chi connectivity index (χ3v) is 3.76. The van der Waals surface area contributed by atoms with Crippen LogP contribution < -0.4 is 5.73 Å². The molecule has 1 aromatic heterocycles. The molecular weight excluding hydrogens is 194 g/mol. The molecule has 1 aliphatic rings. The molecule has 2 rings (SSSR count). The Kier molecular flexibility index (Phi) is 2.46. The van der Waals surface area contributed by atoms with Crippen molar-refractivity contribution in [3.8, 4) is 0 Å². The molecule has 0 saturated heterocycles. The molecule has 2 N–H and O–H groups in total. The van der Waals surface area contributed by atoms with Gasteiger partial charge in [0.05, 0.1) is 12.6 Å². The molecule has 1 unspecified atom stereocenters. The third kappa shape index (κ3) is 1.39. The summed E-state index contributed by atoms with van der Waals surface area (Å²) in [6, 6.07) is 2.53. The van der Waals surface area contributed by atoms with E-state index in [1.54, 1.807) is 11.3 Å². The van der Waals surface area contributed by atoms with Gasteiger partial charge in [-0.15, -0.1) is 11.3 Å². The highest BCUT2D eigenvalue weighted by Gasteiger charge is 2.27. The van der Waals surface area contributed by atoms with Crippen molar-refractivity contribution in [1.82, 2.24) is 4.90 Å². The van der Waals surface area contributed by atoms with Gasteiger partial charge in [0.25, 0.3) is 0 Å². The Morgan fingerprint density at radius 1 is 1.71 bits per heavy atom. The minimum absolute atomic E-state index is 0.375. The number of aliphatic imine (C=N–C) groups is 1. The highest BCUT2D eigenvalue weighted by atomic mass is 32.1. The van der Waals surface area contributed by atoms with E-state index in [9.17, 15) is 0 Å². The maximum atomic E-state index is 5.82. The molecule has 4 heteroatoms. The van der Waals surface area contributed by atoms with Crippen LogP contribution in [0.25, 0.3) is 0 Å². The van der Waals surface area contributed by atoms with Crippen molar-refractivity contribution in [3.63, 3.8) is 0 Å². The van der Waals surface area contributed by atoms with E-state index in [1.807, 2.05) is 0 Å². The smallest absolute Gasteiger partial charge is 0.191 e. The van der Waals surface area contributed by atoms with E-state index >= 15 is 0 Å². The second kappa shape index (κ2) is 3.61. The van der Waals surface area contributed by atoms with Gasteiger partial charge in [-0.3, -0.25) is 4.99 Å². The first-order chi connectivity index (χ1) is 6.74. The summed E-state index contributed by atoms with van der Waals surface area (Å²) in [5, 5.41) is 2.13. The molecule has 14 heavy (non-hydrogen) atoms. The molecule has 1 aromatic rings. The average Bonchev–Trinajstić information content (AvgIpc) is 2.71. The number of nitrogens with zero attached hydrogens (tertiary/aromatic N) is 2. The standard InChI is InChI=1S/C10H15N3S/c1-3-13-8(6-12-10(13)11)9-7(2)4-5-14-9/h4-5,8H,3,6H2,1-2H3,(H2,11,12). The Labute approximate surface area is 88.3 Å². The zero-order chi connectivity index (χ0) is 10.1. The van der Waals surface area contributed by atoms with Gasteiger partial charge in [0.2, 0.25) is 0 Å². The fourth-order valence-corrected chi connectivity index (χ4v) is 2.89. The first kappa shape index (κ1) is 9.52. The van der Waals surface area contributed by atoms with Crippen molar-refractivity contribution in [2.75, 3.05) is 13.1 Å². The van der Waals surface area contributed by atoms with Gasteiger partial charge in [0.1, 0.15) is 0 Å². The molecule has 1 atom stereocenters. The van der Waals surface area contributed by atoms with Gasteiger partial charge in [-0.1, -0.05) is 0 Å². The molecule has 1 aliphatic heterocycles. The van der Waals surface area contributed by atoms with Crippen molar-refractivity contribution in [2.45, 2.75) is 19.9 Å². The van der Waals surface area contributed by atoms with Crippen molar-refractivity contribution >= 4 is 17.3 Å². The van der Waals surface area contributed by atoms with E-state index in [4.69, 9.17) is 5.73 Å². The minimum Gasteiger partial charge on any atom is -0.370 e. The van der Waals surface area contributed by atoms with E-state index in [-0.39, 0.29) is 0 Å². The number of rotatable bonds is 2. The van der Waals surface area contributed by atoms with Crippen molar-refractivity contribution in [1.29, 1.82) is 0 Å². The second-order valence-electron chi connectivity index (χ2n) is 3.47. The molecule has 3 nitrogen and oxygen atoms in total. The molecule has 0 saturated carbocycles. The van der Waals surface area contributed by atoms with Gasteiger partial charge in [0.15, 0.2) is 5.96 Å². The van der Waals surface area contributed by atoms with E-state index in [1.165, 1.54) is 10.4 Å². The number of hydrogen-bond acceptors (Lipinski definition) is 4. The Morgan fingerprint density at radius 3 is 3.07 bits per heavy atom. The monoisotopic (exact) mass is 209 g/mol. The van der Waals surface area contributed by atoms with Crippen molar-refractivity contribution in [3.05, 3.63) is 21.9 Å². The number of hydrogen-bond donors (Lipinski definition) is 1. The summed E-state index contributed by atoms with van der Waals surface area (Å²) >= 11 is 1.80.